The molecule has 0 saturated carbocycles. The van der Waals surface area contributed by atoms with Crippen LogP contribution >= 0.6 is 11.6 Å². The van der Waals surface area contributed by atoms with E-state index in [0.717, 1.165) is 11.1 Å². The van der Waals surface area contributed by atoms with Gasteiger partial charge in [-0.2, -0.15) is 10.1 Å². The number of fused-ring (bicyclic) bond motifs is 1. The maximum Gasteiger partial charge on any atom is 0.338 e. The average molecular weight is 522 g/mol. The number of benzene rings is 2. The van der Waals surface area contributed by atoms with Crippen molar-refractivity contribution in [3.63, 3.8) is 0 Å². The Kier molecular flexibility index (Phi) is 6.77. The van der Waals surface area contributed by atoms with Crippen LogP contribution in [0.2, 0.25) is 5.15 Å². The molecule has 0 bridgehead atoms. The number of aromatic nitrogens is 4. The molecule has 0 spiro atoms. The first kappa shape index (κ1) is 24.7. The van der Waals surface area contributed by atoms with Gasteiger partial charge in [-0.05, 0) is 38.1 Å². The van der Waals surface area contributed by atoms with Gasteiger partial charge in [0.15, 0.2) is 11.9 Å². The normalized spacial score (nSPS) is 19.2. The van der Waals surface area contributed by atoms with Gasteiger partial charge in [-0.3, -0.25) is 0 Å². The van der Waals surface area contributed by atoms with Gasteiger partial charge in [-0.1, -0.05) is 47.0 Å². The molecular formula is C26H24ClN5O5. The lowest BCUT2D eigenvalue weighted by molar-refractivity contribution is -0.0590. The summed E-state index contributed by atoms with van der Waals surface area (Å²) < 4.78 is 19.0. The predicted molar refractivity (Wildman–Crippen MR) is 135 cm³/mol. The molecule has 10 nitrogen and oxygen atoms in total. The van der Waals surface area contributed by atoms with E-state index in [1.54, 1.807) is 24.3 Å². The summed E-state index contributed by atoms with van der Waals surface area (Å²) in [7, 11) is 0. The Labute approximate surface area is 217 Å². The van der Waals surface area contributed by atoms with Gasteiger partial charge in [-0.15, -0.1) is 0 Å². The molecule has 3 atom stereocenters. The van der Waals surface area contributed by atoms with Gasteiger partial charge in [0.25, 0.3) is 0 Å². The molecule has 2 aromatic carbocycles. The number of hydrogen-bond donors (Lipinski definition) is 1. The van der Waals surface area contributed by atoms with Crippen molar-refractivity contribution in [3.05, 3.63) is 82.1 Å². The Morgan fingerprint density at radius 2 is 1.65 bits per heavy atom. The largest absolute Gasteiger partial charge is 0.459 e. The summed E-state index contributed by atoms with van der Waals surface area (Å²) >= 11 is 6.19. The van der Waals surface area contributed by atoms with Gasteiger partial charge in [0.2, 0.25) is 5.95 Å². The molecule has 2 N–H and O–H groups in total. The summed E-state index contributed by atoms with van der Waals surface area (Å²) in [5.74, 6) is -1.03. The molecule has 0 unspecified atom stereocenters. The molecule has 1 saturated heterocycles. The van der Waals surface area contributed by atoms with Crippen molar-refractivity contribution in [1.82, 2.24) is 19.7 Å². The van der Waals surface area contributed by atoms with Gasteiger partial charge in [0, 0.05) is 6.42 Å². The number of esters is 2. The van der Waals surface area contributed by atoms with Crippen molar-refractivity contribution in [3.8, 4) is 0 Å². The van der Waals surface area contributed by atoms with Crippen LogP contribution in [-0.4, -0.2) is 50.5 Å². The fraction of sp³-hybridized carbons (Fsp3) is 0.269. The quantitative estimate of drug-likeness (QED) is 0.295. The average Bonchev–Trinajstić information content (AvgIpc) is 3.47. The summed E-state index contributed by atoms with van der Waals surface area (Å²) in [6.45, 7) is 3.73. The van der Waals surface area contributed by atoms with Crippen LogP contribution in [0.25, 0.3) is 11.0 Å². The Morgan fingerprint density at radius 3 is 2.30 bits per heavy atom. The highest BCUT2D eigenvalue weighted by atomic mass is 35.5. The number of aryl methyl sites for hydroxylation is 2. The number of nitrogens with two attached hydrogens (primary N) is 1. The fourth-order valence-corrected chi connectivity index (χ4v) is 4.29. The number of nitrogens with zero attached hydrogens (tertiary/aromatic N) is 4. The molecule has 1 fully saturated rings. The molecule has 1 aliphatic rings. The third kappa shape index (κ3) is 5.25. The standard InChI is InChI=1S/C26H24ClN5O5/c1-14-3-7-16(8-4-14)24(33)35-13-20-19(37-25(34)17-9-5-15(2)6-10-17)11-21(36-20)32-23-18(12-29-32)22(27)30-26(28)31-23/h3-10,12,19-21H,11,13H2,1-2H3,(H2,28,30,31)/t19-,20+,21+/m0/s1. The summed E-state index contributed by atoms with van der Waals surface area (Å²) in [4.78, 5) is 33.7. The Balaban J connectivity index is 1.37. The Morgan fingerprint density at radius 1 is 1.03 bits per heavy atom. The smallest absolute Gasteiger partial charge is 0.338 e. The molecule has 37 heavy (non-hydrogen) atoms. The number of anilines is 1. The SMILES string of the molecule is Cc1ccc(C(=O)OC[C@H]2O[C@@H](n3ncc4c(Cl)nc(N)nc43)C[C@@H]2OC(=O)c2ccc(C)cc2)cc1. The zero-order valence-corrected chi connectivity index (χ0v) is 20.9. The van der Waals surface area contributed by atoms with Crippen LogP contribution in [0.15, 0.2) is 54.7 Å². The minimum Gasteiger partial charge on any atom is -0.459 e. The first-order valence-electron chi connectivity index (χ1n) is 11.6. The first-order valence-corrected chi connectivity index (χ1v) is 12.0. The molecule has 0 aliphatic carbocycles. The van der Waals surface area contributed by atoms with E-state index in [1.165, 1.54) is 10.9 Å². The van der Waals surface area contributed by atoms with Crippen molar-refractivity contribution >= 4 is 40.5 Å². The van der Waals surface area contributed by atoms with E-state index in [-0.39, 0.29) is 24.1 Å². The van der Waals surface area contributed by atoms with Crippen LogP contribution in [0.1, 0.15) is 44.5 Å². The van der Waals surface area contributed by atoms with Crippen molar-refractivity contribution in [2.24, 2.45) is 0 Å². The number of ether oxygens (including phenoxy) is 3. The van der Waals surface area contributed by atoms with E-state index in [0.29, 0.717) is 22.2 Å². The first-order chi connectivity index (χ1) is 17.8. The maximum atomic E-state index is 12.9. The molecule has 2 aromatic heterocycles. The highest BCUT2D eigenvalue weighted by Gasteiger charge is 2.41. The van der Waals surface area contributed by atoms with Crippen molar-refractivity contribution < 1.29 is 23.8 Å². The minimum absolute atomic E-state index is 0.0110. The van der Waals surface area contributed by atoms with Crippen LogP contribution in [0.5, 0.6) is 0 Å². The number of halogens is 1. The van der Waals surface area contributed by atoms with Gasteiger partial charge >= 0.3 is 11.9 Å². The molecule has 0 radical (unpaired) electrons. The zero-order chi connectivity index (χ0) is 26.1. The van der Waals surface area contributed by atoms with E-state index < -0.39 is 30.4 Å². The summed E-state index contributed by atoms with van der Waals surface area (Å²) in [6, 6.07) is 14.1. The summed E-state index contributed by atoms with van der Waals surface area (Å²) in [5, 5.41) is 5.01. The monoisotopic (exact) mass is 521 g/mol. The highest BCUT2D eigenvalue weighted by molar-refractivity contribution is 6.34. The number of nitrogen functional groups attached to an aromatic ring is 1. The lowest BCUT2D eigenvalue weighted by Crippen LogP contribution is -2.32. The van der Waals surface area contributed by atoms with Crippen LogP contribution in [-0.2, 0) is 14.2 Å². The summed E-state index contributed by atoms with van der Waals surface area (Å²) in [5.41, 5.74) is 9.02. The third-order valence-electron chi connectivity index (χ3n) is 6.09. The van der Waals surface area contributed by atoms with Gasteiger partial charge in [0.1, 0.15) is 24.0 Å². The van der Waals surface area contributed by atoms with Crippen LogP contribution in [0.3, 0.4) is 0 Å². The van der Waals surface area contributed by atoms with Crippen LogP contribution < -0.4 is 5.73 Å². The van der Waals surface area contributed by atoms with E-state index in [2.05, 4.69) is 15.1 Å². The molecule has 190 valence electrons. The van der Waals surface area contributed by atoms with Gasteiger partial charge < -0.3 is 19.9 Å². The predicted octanol–water partition coefficient (Wildman–Crippen LogP) is 4.05. The molecule has 4 aromatic rings. The lowest BCUT2D eigenvalue weighted by atomic mass is 10.1. The third-order valence-corrected chi connectivity index (χ3v) is 6.38. The molecule has 11 heteroatoms. The zero-order valence-electron chi connectivity index (χ0n) is 20.1. The number of rotatable bonds is 6. The van der Waals surface area contributed by atoms with E-state index >= 15 is 0 Å². The van der Waals surface area contributed by atoms with Crippen LogP contribution in [0, 0.1) is 13.8 Å². The van der Waals surface area contributed by atoms with Crippen molar-refractivity contribution in [2.45, 2.75) is 38.7 Å². The second-order valence-electron chi connectivity index (χ2n) is 8.84. The lowest BCUT2D eigenvalue weighted by Gasteiger charge is -2.19. The van der Waals surface area contributed by atoms with Gasteiger partial charge in [0.05, 0.1) is 22.7 Å². The molecule has 0 amide bonds. The van der Waals surface area contributed by atoms with E-state index in [1.807, 2.05) is 38.1 Å². The Hall–Kier alpha value is -4.02. The van der Waals surface area contributed by atoms with Crippen molar-refractivity contribution in [2.75, 3.05) is 12.3 Å². The molecule has 5 rings (SSSR count). The fourth-order valence-electron chi connectivity index (χ4n) is 4.07. The second kappa shape index (κ2) is 10.2. The number of hydrogen-bond acceptors (Lipinski definition) is 9. The van der Waals surface area contributed by atoms with Gasteiger partial charge in [-0.25, -0.2) is 19.3 Å². The van der Waals surface area contributed by atoms with E-state index in [9.17, 15) is 9.59 Å². The molecule has 3 heterocycles. The minimum atomic E-state index is -0.747. The molecule has 1 aliphatic heterocycles. The maximum absolute atomic E-state index is 12.9. The Bertz CT molecular complexity index is 1460. The number of carbonyl (C=O) groups excluding carboxylic acids is 2. The summed E-state index contributed by atoms with van der Waals surface area (Å²) in [6.07, 6.45) is -0.399. The van der Waals surface area contributed by atoms with E-state index in [4.69, 9.17) is 31.5 Å². The topological polar surface area (TPSA) is 131 Å². The van der Waals surface area contributed by atoms with Crippen LogP contribution in [0.4, 0.5) is 5.95 Å². The van der Waals surface area contributed by atoms with Crippen molar-refractivity contribution in [1.29, 1.82) is 0 Å². The molecular weight excluding hydrogens is 498 g/mol. The highest BCUT2D eigenvalue weighted by Crippen LogP contribution is 2.34. The second-order valence-corrected chi connectivity index (χ2v) is 9.20. The number of carbonyl (C=O) groups is 2.